The highest BCUT2D eigenvalue weighted by Crippen LogP contribution is 2.26. The van der Waals surface area contributed by atoms with Gasteiger partial charge in [0.1, 0.15) is 0 Å². The Hall–Kier alpha value is -0.940. The van der Waals surface area contributed by atoms with Crippen LogP contribution in [0.3, 0.4) is 0 Å². The van der Waals surface area contributed by atoms with Gasteiger partial charge < -0.3 is 15.2 Å². The van der Waals surface area contributed by atoms with Crippen LogP contribution in [-0.4, -0.2) is 40.7 Å². The fraction of sp³-hybridized carbons (Fsp3) is 0.833. The van der Waals surface area contributed by atoms with Gasteiger partial charge in [-0.15, -0.1) is 0 Å². The number of likely N-dealkylation sites (tertiary alicyclic amines) is 1. The van der Waals surface area contributed by atoms with Gasteiger partial charge in [0.2, 0.25) is 5.89 Å². The van der Waals surface area contributed by atoms with Gasteiger partial charge in [-0.1, -0.05) is 5.16 Å². The molecule has 5 nitrogen and oxygen atoms in total. The van der Waals surface area contributed by atoms with Crippen molar-refractivity contribution in [1.29, 1.82) is 0 Å². The van der Waals surface area contributed by atoms with Crippen LogP contribution in [0.5, 0.6) is 0 Å². The van der Waals surface area contributed by atoms with E-state index in [9.17, 15) is 0 Å². The minimum Gasteiger partial charge on any atom is -0.339 e. The van der Waals surface area contributed by atoms with Gasteiger partial charge in [-0.25, -0.2) is 0 Å². The average Bonchev–Trinajstić information content (AvgIpc) is 2.94. The van der Waals surface area contributed by atoms with Gasteiger partial charge in [0.25, 0.3) is 0 Å². The molecule has 1 saturated heterocycles. The van der Waals surface area contributed by atoms with E-state index in [2.05, 4.69) is 28.9 Å². The maximum atomic E-state index is 5.46. The first-order chi connectivity index (χ1) is 8.20. The summed E-state index contributed by atoms with van der Waals surface area (Å²) in [5, 5.41) is 4.09. The molecule has 2 N–H and O–H groups in total. The molecule has 1 aliphatic rings. The van der Waals surface area contributed by atoms with E-state index in [1.807, 2.05) is 0 Å². The Balaban J connectivity index is 1.92. The van der Waals surface area contributed by atoms with E-state index in [0.717, 1.165) is 44.1 Å². The second-order valence-corrected chi connectivity index (χ2v) is 5.01. The van der Waals surface area contributed by atoms with Crippen LogP contribution in [0, 0.1) is 0 Å². The highest BCUT2D eigenvalue weighted by Gasteiger charge is 2.28. The highest BCUT2D eigenvalue weighted by molar-refractivity contribution is 5.00. The van der Waals surface area contributed by atoms with Gasteiger partial charge in [0.15, 0.2) is 5.82 Å². The molecule has 1 aromatic rings. The predicted octanol–water partition coefficient (Wildman–Crippen LogP) is 1.16. The summed E-state index contributed by atoms with van der Waals surface area (Å²) in [5.41, 5.74) is 5.46. The number of nitrogens with zero attached hydrogens (tertiary/aromatic N) is 3. The van der Waals surface area contributed by atoms with Crippen LogP contribution >= 0.6 is 0 Å². The lowest BCUT2D eigenvalue weighted by atomic mass is 10.1. The largest absolute Gasteiger partial charge is 0.339 e. The summed E-state index contributed by atoms with van der Waals surface area (Å²) in [4.78, 5) is 6.92. The van der Waals surface area contributed by atoms with Crippen molar-refractivity contribution in [2.24, 2.45) is 5.73 Å². The maximum Gasteiger partial charge on any atom is 0.226 e. The minimum absolute atomic E-state index is 0.438. The van der Waals surface area contributed by atoms with Crippen molar-refractivity contribution in [1.82, 2.24) is 15.0 Å². The van der Waals surface area contributed by atoms with Gasteiger partial charge >= 0.3 is 0 Å². The Labute approximate surface area is 102 Å². The third-order valence-corrected chi connectivity index (χ3v) is 3.39. The molecule has 17 heavy (non-hydrogen) atoms. The third kappa shape index (κ3) is 3.04. The first-order valence-corrected chi connectivity index (χ1v) is 6.47. The lowest BCUT2D eigenvalue weighted by Gasteiger charge is -2.19. The lowest BCUT2D eigenvalue weighted by Crippen LogP contribution is -2.28. The first-order valence-electron chi connectivity index (χ1n) is 6.47. The van der Waals surface area contributed by atoms with Gasteiger partial charge in [-0.3, -0.25) is 0 Å². The summed E-state index contributed by atoms with van der Waals surface area (Å²) in [6, 6.07) is 0.601. The van der Waals surface area contributed by atoms with Crippen molar-refractivity contribution >= 4 is 0 Å². The molecule has 0 aliphatic carbocycles. The molecule has 1 aromatic heterocycles. The minimum atomic E-state index is 0.438. The van der Waals surface area contributed by atoms with Gasteiger partial charge in [0, 0.05) is 24.9 Å². The van der Waals surface area contributed by atoms with Crippen molar-refractivity contribution < 1.29 is 4.52 Å². The summed E-state index contributed by atoms with van der Waals surface area (Å²) in [7, 11) is 0. The van der Waals surface area contributed by atoms with Crippen LogP contribution in [0.4, 0.5) is 0 Å². The molecule has 1 fully saturated rings. The zero-order chi connectivity index (χ0) is 12.3. The second kappa shape index (κ2) is 5.60. The smallest absolute Gasteiger partial charge is 0.226 e. The predicted molar refractivity (Wildman–Crippen MR) is 65.7 cm³/mol. The standard InChI is InChI=1S/C12H22N4O/c1-9(2)16-7-5-10(8-16)12-14-11(17-15-12)4-3-6-13/h9-10H,3-8,13H2,1-2H3. The number of nitrogens with two attached hydrogens (primary N) is 1. The lowest BCUT2D eigenvalue weighted by molar-refractivity contribution is 0.271. The molecule has 0 radical (unpaired) electrons. The SMILES string of the molecule is CC(C)N1CCC(c2noc(CCCN)n2)C1. The molecule has 0 spiro atoms. The molecular weight excluding hydrogens is 216 g/mol. The van der Waals surface area contributed by atoms with E-state index < -0.39 is 0 Å². The summed E-state index contributed by atoms with van der Waals surface area (Å²) in [6.45, 7) is 7.31. The second-order valence-electron chi connectivity index (χ2n) is 5.01. The van der Waals surface area contributed by atoms with Gasteiger partial charge in [-0.05, 0) is 39.8 Å². The zero-order valence-electron chi connectivity index (χ0n) is 10.7. The van der Waals surface area contributed by atoms with Crippen molar-refractivity contribution in [2.45, 2.75) is 45.1 Å². The number of aryl methyl sites for hydroxylation is 1. The van der Waals surface area contributed by atoms with Crippen molar-refractivity contribution in [2.75, 3.05) is 19.6 Å². The maximum absolute atomic E-state index is 5.46. The molecule has 0 aromatic carbocycles. The van der Waals surface area contributed by atoms with E-state index in [0.29, 0.717) is 18.5 Å². The summed E-state index contributed by atoms with van der Waals surface area (Å²) >= 11 is 0. The molecule has 96 valence electrons. The molecule has 0 bridgehead atoms. The molecule has 2 rings (SSSR count). The van der Waals surface area contributed by atoms with Crippen LogP contribution < -0.4 is 5.73 Å². The van der Waals surface area contributed by atoms with Crippen LogP contribution in [0.15, 0.2) is 4.52 Å². The molecule has 1 atom stereocenters. The molecule has 0 amide bonds. The Morgan fingerprint density at radius 2 is 2.35 bits per heavy atom. The number of hydrogen-bond acceptors (Lipinski definition) is 5. The van der Waals surface area contributed by atoms with E-state index in [4.69, 9.17) is 10.3 Å². The fourth-order valence-electron chi connectivity index (χ4n) is 2.26. The quantitative estimate of drug-likeness (QED) is 0.833. The normalized spacial score (nSPS) is 21.5. The topological polar surface area (TPSA) is 68.2 Å². The Kier molecular flexibility index (Phi) is 4.12. The van der Waals surface area contributed by atoms with Crippen LogP contribution in [0.2, 0.25) is 0 Å². The van der Waals surface area contributed by atoms with Crippen molar-refractivity contribution in [3.05, 3.63) is 11.7 Å². The Morgan fingerprint density at radius 1 is 1.53 bits per heavy atom. The molecule has 0 saturated carbocycles. The molecule has 1 unspecified atom stereocenters. The monoisotopic (exact) mass is 238 g/mol. The molecule has 1 aliphatic heterocycles. The van der Waals surface area contributed by atoms with Gasteiger partial charge in [0.05, 0.1) is 0 Å². The Bertz CT molecular complexity index is 350. The van der Waals surface area contributed by atoms with E-state index in [-0.39, 0.29) is 0 Å². The average molecular weight is 238 g/mol. The number of rotatable bonds is 5. The van der Waals surface area contributed by atoms with Crippen molar-refractivity contribution in [3.8, 4) is 0 Å². The van der Waals surface area contributed by atoms with Gasteiger partial charge in [-0.2, -0.15) is 4.98 Å². The first kappa shape index (κ1) is 12.5. The number of aromatic nitrogens is 2. The van der Waals surface area contributed by atoms with E-state index in [1.54, 1.807) is 0 Å². The van der Waals surface area contributed by atoms with E-state index >= 15 is 0 Å². The highest BCUT2D eigenvalue weighted by atomic mass is 16.5. The molecule has 5 heteroatoms. The van der Waals surface area contributed by atoms with Crippen LogP contribution in [-0.2, 0) is 6.42 Å². The molecule has 2 heterocycles. The van der Waals surface area contributed by atoms with Crippen LogP contribution in [0.25, 0.3) is 0 Å². The number of hydrogen-bond donors (Lipinski definition) is 1. The van der Waals surface area contributed by atoms with E-state index in [1.165, 1.54) is 0 Å². The third-order valence-electron chi connectivity index (χ3n) is 3.39. The summed E-state index contributed by atoms with van der Waals surface area (Å²) in [6.07, 6.45) is 2.84. The molecular formula is C12H22N4O. The van der Waals surface area contributed by atoms with Crippen LogP contribution in [0.1, 0.15) is 44.3 Å². The van der Waals surface area contributed by atoms with Crippen molar-refractivity contribution in [3.63, 3.8) is 0 Å². The fourth-order valence-corrected chi connectivity index (χ4v) is 2.26. The summed E-state index contributed by atoms with van der Waals surface area (Å²) < 4.78 is 5.24. The summed E-state index contributed by atoms with van der Waals surface area (Å²) in [5.74, 6) is 2.04. The Morgan fingerprint density at radius 3 is 3.00 bits per heavy atom. The zero-order valence-corrected chi connectivity index (χ0v) is 10.7.